The largest absolute Gasteiger partial charge is 0.436 e. The normalized spacial score (nSPS) is 15.7. The minimum absolute atomic E-state index is 0.176. The van der Waals surface area contributed by atoms with Crippen molar-refractivity contribution < 1.29 is 13.2 Å². The summed E-state index contributed by atoms with van der Waals surface area (Å²) in [5.74, 6) is 4.62. The summed E-state index contributed by atoms with van der Waals surface area (Å²) in [6.45, 7) is 1.45. The van der Waals surface area contributed by atoms with Gasteiger partial charge in [0.2, 0.25) is 0 Å². The Bertz CT molecular complexity index is 301. The molecular weight excluding hydrogens is 169 g/mol. The Labute approximate surface area is 67.1 Å². The van der Waals surface area contributed by atoms with Gasteiger partial charge in [0.05, 0.1) is 11.8 Å². The first-order valence-corrected chi connectivity index (χ1v) is 3.04. The highest BCUT2D eigenvalue weighted by atomic mass is 19.4. The number of allylic oxidation sites excluding steroid dienone is 1. The van der Waals surface area contributed by atoms with Crippen LogP contribution in [0.2, 0.25) is 0 Å². The summed E-state index contributed by atoms with van der Waals surface area (Å²) in [5, 5.41) is 2.93. The fraction of sp³-hybridized carbons (Fsp3) is 0.286. The van der Waals surface area contributed by atoms with E-state index in [1.54, 1.807) is 0 Å². The molecule has 1 heterocycles. The predicted molar refractivity (Wildman–Crippen MR) is 37.2 cm³/mol. The van der Waals surface area contributed by atoms with Crippen LogP contribution in [-0.4, -0.2) is 11.9 Å². The molecule has 0 unspecified atom stereocenters. The average Bonchev–Trinajstić information content (AvgIpc) is 2.34. The molecule has 0 amide bonds. The van der Waals surface area contributed by atoms with Crippen LogP contribution in [0, 0.1) is 11.8 Å². The van der Waals surface area contributed by atoms with Gasteiger partial charge < -0.3 is 0 Å². The number of hydrogen-bond donors (Lipinski definition) is 0. The van der Waals surface area contributed by atoms with Crippen LogP contribution in [-0.2, 0) is 0 Å². The number of nitrogens with zero attached hydrogens (tertiary/aromatic N) is 2. The summed E-state index contributed by atoms with van der Waals surface area (Å²) in [7, 11) is 0. The van der Waals surface area contributed by atoms with Crippen molar-refractivity contribution in [1.82, 2.24) is 5.43 Å². The maximum absolute atomic E-state index is 12.0. The smallest absolute Gasteiger partial charge is 0.164 e. The molecule has 1 aliphatic rings. The van der Waals surface area contributed by atoms with Crippen molar-refractivity contribution in [2.75, 3.05) is 0 Å². The van der Waals surface area contributed by atoms with Gasteiger partial charge in [-0.25, -0.2) is 0 Å². The molecule has 0 atom stereocenters. The number of alkyl halides is 3. The lowest BCUT2D eigenvalue weighted by Crippen LogP contribution is -2.22. The highest BCUT2D eigenvalue weighted by Crippen LogP contribution is 2.23. The number of hydrogen-bond acceptors (Lipinski definition) is 1. The second-order valence-corrected chi connectivity index (χ2v) is 1.98. The van der Waals surface area contributed by atoms with Gasteiger partial charge in [-0.15, -0.1) is 11.0 Å². The summed E-state index contributed by atoms with van der Waals surface area (Å²) in [6.07, 6.45) is -3.46. The summed E-state index contributed by atoms with van der Waals surface area (Å²) in [6, 6.07) is 0. The Hall–Kier alpha value is -1.44. The lowest BCUT2D eigenvalue weighted by molar-refractivity contribution is -0.0580. The van der Waals surface area contributed by atoms with Gasteiger partial charge >= 0.3 is 6.18 Å². The summed E-state index contributed by atoms with van der Waals surface area (Å²) >= 11 is 0. The summed E-state index contributed by atoms with van der Waals surface area (Å²) in [5.41, 5.74) is 1.94. The molecule has 1 aliphatic heterocycles. The quantitative estimate of drug-likeness (QED) is 0.495. The van der Waals surface area contributed by atoms with Crippen LogP contribution in [0.1, 0.15) is 6.92 Å². The van der Waals surface area contributed by atoms with Crippen LogP contribution in [0.15, 0.2) is 16.9 Å². The zero-order chi connectivity index (χ0) is 9.19. The van der Waals surface area contributed by atoms with E-state index in [2.05, 4.69) is 22.4 Å². The molecule has 0 fully saturated rings. The van der Waals surface area contributed by atoms with Gasteiger partial charge in [0.1, 0.15) is 0 Å². The van der Waals surface area contributed by atoms with E-state index in [0.29, 0.717) is 0 Å². The van der Waals surface area contributed by atoms with Gasteiger partial charge in [0.15, 0.2) is 5.71 Å². The highest BCUT2D eigenvalue weighted by molar-refractivity contribution is 6.08. The second kappa shape index (κ2) is 2.89. The van der Waals surface area contributed by atoms with Gasteiger partial charge in [-0.05, 0) is 6.92 Å². The Morgan fingerprint density at radius 1 is 1.42 bits per heavy atom. The second-order valence-electron chi connectivity index (χ2n) is 1.98. The lowest BCUT2D eigenvalue weighted by atomic mass is 10.2. The lowest BCUT2D eigenvalue weighted by Gasteiger charge is -2.03. The molecule has 0 N–H and O–H groups in total. The van der Waals surface area contributed by atoms with Crippen LogP contribution in [0.5, 0.6) is 0 Å². The third-order valence-corrected chi connectivity index (χ3v) is 1.13. The van der Waals surface area contributed by atoms with Crippen molar-refractivity contribution in [1.29, 1.82) is 0 Å². The molecule has 5 heteroatoms. The Kier molecular flexibility index (Phi) is 2.09. The molecule has 0 aromatic heterocycles. The molecule has 0 aliphatic carbocycles. The van der Waals surface area contributed by atoms with E-state index < -0.39 is 11.9 Å². The van der Waals surface area contributed by atoms with Gasteiger partial charge in [0.25, 0.3) is 0 Å². The minimum Gasteiger partial charge on any atom is -0.164 e. The first-order valence-electron chi connectivity index (χ1n) is 3.04. The van der Waals surface area contributed by atoms with E-state index in [1.165, 1.54) is 6.92 Å². The maximum atomic E-state index is 12.0. The topological polar surface area (TPSA) is 26.5 Å². The van der Waals surface area contributed by atoms with Crippen LogP contribution >= 0.6 is 0 Å². The molecule has 0 aromatic rings. The van der Waals surface area contributed by atoms with Gasteiger partial charge in [-0.2, -0.15) is 18.6 Å². The third kappa shape index (κ3) is 1.59. The molecule has 2 nitrogen and oxygen atoms in total. The zero-order valence-electron chi connectivity index (χ0n) is 6.11. The molecule has 0 aromatic carbocycles. The molecule has 0 bridgehead atoms. The van der Waals surface area contributed by atoms with E-state index in [0.717, 1.165) is 6.20 Å². The van der Waals surface area contributed by atoms with Crippen molar-refractivity contribution in [3.05, 3.63) is 11.8 Å². The van der Waals surface area contributed by atoms with E-state index in [9.17, 15) is 13.2 Å². The Balaban J connectivity index is 2.93. The minimum atomic E-state index is -4.46. The fourth-order valence-corrected chi connectivity index (χ4v) is 0.695. The van der Waals surface area contributed by atoms with Gasteiger partial charge in [0, 0.05) is 0 Å². The molecule has 63 valence electrons. The monoisotopic (exact) mass is 173 g/mol. The van der Waals surface area contributed by atoms with Crippen LogP contribution < -0.4 is 5.43 Å². The van der Waals surface area contributed by atoms with E-state index in [-0.39, 0.29) is 5.57 Å². The number of rotatable bonds is 0. The maximum Gasteiger partial charge on any atom is 0.436 e. The molecule has 1 radical (unpaired) electrons. The van der Waals surface area contributed by atoms with E-state index in [1.807, 2.05) is 0 Å². The Morgan fingerprint density at radius 3 is 2.58 bits per heavy atom. The van der Waals surface area contributed by atoms with Crippen molar-refractivity contribution in [3.8, 4) is 11.8 Å². The fourth-order valence-electron chi connectivity index (χ4n) is 0.695. The van der Waals surface area contributed by atoms with E-state index in [4.69, 9.17) is 0 Å². The first kappa shape index (κ1) is 8.65. The van der Waals surface area contributed by atoms with Crippen LogP contribution in [0.25, 0.3) is 0 Å². The summed E-state index contributed by atoms with van der Waals surface area (Å²) < 4.78 is 36.1. The standard InChI is InChI=1S/C7H4F3N2/c1-2-3-5-4-11-12-6(5)7(8,9)10/h4H,1H3. The average molecular weight is 173 g/mol. The van der Waals surface area contributed by atoms with Crippen molar-refractivity contribution in [2.45, 2.75) is 13.1 Å². The van der Waals surface area contributed by atoms with Crippen LogP contribution in [0.4, 0.5) is 13.2 Å². The molecular formula is C7H4F3N2. The molecule has 0 spiro atoms. The molecule has 1 rings (SSSR count). The van der Waals surface area contributed by atoms with Gasteiger partial charge in [-0.1, -0.05) is 5.92 Å². The van der Waals surface area contributed by atoms with Crippen molar-refractivity contribution in [2.24, 2.45) is 5.10 Å². The first-order chi connectivity index (χ1) is 5.55. The molecule has 0 saturated carbocycles. The van der Waals surface area contributed by atoms with E-state index >= 15 is 0 Å². The zero-order valence-corrected chi connectivity index (χ0v) is 6.11. The highest BCUT2D eigenvalue weighted by Gasteiger charge is 2.40. The molecule has 0 saturated heterocycles. The SMILES string of the molecule is CC#CC1=C[N]N=C1C(F)(F)F. The predicted octanol–water partition coefficient (Wildman–Crippen LogP) is 1.43. The third-order valence-electron chi connectivity index (χ3n) is 1.13. The molecule has 12 heavy (non-hydrogen) atoms. The van der Waals surface area contributed by atoms with Gasteiger partial charge in [-0.3, -0.25) is 0 Å². The number of halogens is 3. The summed E-state index contributed by atoms with van der Waals surface area (Å²) in [4.78, 5) is 0. The van der Waals surface area contributed by atoms with Crippen molar-refractivity contribution in [3.63, 3.8) is 0 Å². The Morgan fingerprint density at radius 2 is 2.08 bits per heavy atom. The van der Waals surface area contributed by atoms with Crippen molar-refractivity contribution >= 4 is 5.71 Å². The van der Waals surface area contributed by atoms with Crippen LogP contribution in [0.3, 0.4) is 0 Å².